The van der Waals surface area contributed by atoms with Crippen LogP contribution in [0.4, 0.5) is 10.5 Å². The zero-order valence-electron chi connectivity index (χ0n) is 16.7. The van der Waals surface area contributed by atoms with Gasteiger partial charge < -0.3 is 15.1 Å². The van der Waals surface area contributed by atoms with E-state index in [1.807, 2.05) is 29.2 Å². The first-order valence-corrected chi connectivity index (χ1v) is 10.3. The summed E-state index contributed by atoms with van der Waals surface area (Å²) in [5.74, 6) is 0.929. The van der Waals surface area contributed by atoms with Crippen molar-refractivity contribution in [2.75, 3.05) is 25.0 Å². The largest absolute Gasteiger partial charge is 0.344 e. The Bertz CT molecular complexity index is 900. The topological polar surface area (TPSA) is 70.5 Å². The van der Waals surface area contributed by atoms with Gasteiger partial charge in [0.1, 0.15) is 0 Å². The van der Waals surface area contributed by atoms with Crippen molar-refractivity contribution >= 4 is 29.2 Å². The molecule has 4 rings (SSSR count). The van der Waals surface area contributed by atoms with Gasteiger partial charge in [0, 0.05) is 44.7 Å². The first kappa shape index (κ1) is 19.9. The molecule has 1 aromatic heterocycles. The summed E-state index contributed by atoms with van der Waals surface area (Å²) >= 11 is 6.24. The van der Waals surface area contributed by atoms with Gasteiger partial charge in [-0.2, -0.15) is 9.78 Å². The first-order valence-electron chi connectivity index (χ1n) is 9.97. The van der Waals surface area contributed by atoms with Crippen molar-refractivity contribution in [2.45, 2.75) is 32.4 Å². The number of amides is 2. The SMILES string of the molecule is CC(=O)N(C)c1cnn(C(=O)N2C[C@H]3CC(NCc4ccccc4Cl)C[C@H]3C2)c1. The number of benzene rings is 1. The van der Waals surface area contributed by atoms with Crippen LogP contribution in [0.3, 0.4) is 0 Å². The quantitative estimate of drug-likeness (QED) is 0.833. The average molecular weight is 416 g/mol. The number of hydrogen-bond donors (Lipinski definition) is 1. The lowest BCUT2D eigenvalue weighted by Crippen LogP contribution is -2.35. The summed E-state index contributed by atoms with van der Waals surface area (Å²) in [6.07, 6.45) is 5.29. The molecule has 1 saturated heterocycles. The van der Waals surface area contributed by atoms with Crippen molar-refractivity contribution in [1.82, 2.24) is 20.0 Å². The van der Waals surface area contributed by atoms with Gasteiger partial charge in [0.2, 0.25) is 5.91 Å². The summed E-state index contributed by atoms with van der Waals surface area (Å²) in [4.78, 5) is 27.6. The number of likely N-dealkylation sites (tertiary alicyclic amines) is 1. The summed E-state index contributed by atoms with van der Waals surface area (Å²) in [5.41, 5.74) is 1.74. The van der Waals surface area contributed by atoms with Crippen LogP contribution in [0.2, 0.25) is 5.02 Å². The van der Waals surface area contributed by atoms with Gasteiger partial charge in [-0.15, -0.1) is 0 Å². The number of nitrogens with one attached hydrogen (secondary N) is 1. The normalized spacial score (nSPS) is 23.3. The van der Waals surface area contributed by atoms with E-state index in [9.17, 15) is 9.59 Å². The molecule has 0 spiro atoms. The van der Waals surface area contributed by atoms with Crippen molar-refractivity contribution in [2.24, 2.45) is 11.8 Å². The van der Waals surface area contributed by atoms with Crippen LogP contribution < -0.4 is 10.2 Å². The van der Waals surface area contributed by atoms with Crippen LogP contribution in [0.25, 0.3) is 0 Å². The van der Waals surface area contributed by atoms with Crippen molar-refractivity contribution < 1.29 is 9.59 Å². The molecule has 0 radical (unpaired) electrons. The van der Waals surface area contributed by atoms with E-state index in [4.69, 9.17) is 11.6 Å². The summed E-state index contributed by atoms with van der Waals surface area (Å²) in [5, 5.41) is 8.57. The lowest BCUT2D eigenvalue weighted by molar-refractivity contribution is -0.116. The van der Waals surface area contributed by atoms with Gasteiger partial charge in [0.05, 0.1) is 18.1 Å². The standard InChI is InChI=1S/C21H26ClN5O2/c1-14(28)25(2)19-10-24-27(13-19)21(29)26-11-16-7-18(8-17(16)12-26)23-9-15-5-3-4-6-20(15)22/h3-6,10,13,16-18,23H,7-9,11-12H2,1-2H3/t16-,17+,18?. The molecular formula is C21H26ClN5O2. The fourth-order valence-electron chi connectivity index (χ4n) is 4.44. The van der Waals surface area contributed by atoms with E-state index in [-0.39, 0.29) is 11.9 Å². The van der Waals surface area contributed by atoms with E-state index in [1.54, 1.807) is 19.4 Å². The van der Waals surface area contributed by atoms with Gasteiger partial charge in [-0.05, 0) is 36.3 Å². The predicted octanol–water partition coefficient (Wildman–Crippen LogP) is 2.99. The summed E-state index contributed by atoms with van der Waals surface area (Å²) in [7, 11) is 1.67. The van der Waals surface area contributed by atoms with E-state index >= 15 is 0 Å². The minimum absolute atomic E-state index is 0.0944. The van der Waals surface area contributed by atoms with Gasteiger partial charge in [0.15, 0.2) is 0 Å². The molecule has 2 amide bonds. The maximum absolute atomic E-state index is 12.8. The highest BCUT2D eigenvalue weighted by Crippen LogP contribution is 2.38. The van der Waals surface area contributed by atoms with Crippen LogP contribution in [-0.4, -0.2) is 52.8 Å². The second-order valence-electron chi connectivity index (χ2n) is 8.07. The maximum atomic E-state index is 12.8. The number of anilines is 1. The second-order valence-corrected chi connectivity index (χ2v) is 8.48. The van der Waals surface area contributed by atoms with Gasteiger partial charge in [-0.1, -0.05) is 29.8 Å². The Hall–Kier alpha value is -2.38. The molecule has 1 aliphatic carbocycles. The molecule has 154 valence electrons. The lowest BCUT2D eigenvalue weighted by atomic mass is 10.0. The van der Waals surface area contributed by atoms with Crippen LogP contribution in [0.1, 0.15) is 25.3 Å². The molecule has 8 heteroatoms. The van der Waals surface area contributed by atoms with E-state index in [0.717, 1.165) is 43.1 Å². The Balaban J connectivity index is 1.30. The molecule has 1 aliphatic heterocycles. The van der Waals surface area contributed by atoms with E-state index in [2.05, 4.69) is 10.4 Å². The van der Waals surface area contributed by atoms with Gasteiger partial charge in [-0.25, -0.2) is 4.79 Å². The molecule has 0 bridgehead atoms. The van der Waals surface area contributed by atoms with Crippen molar-refractivity contribution in [1.29, 1.82) is 0 Å². The second kappa shape index (κ2) is 8.16. The van der Waals surface area contributed by atoms with E-state index < -0.39 is 0 Å². The average Bonchev–Trinajstić information content (AvgIpc) is 3.41. The predicted molar refractivity (Wildman–Crippen MR) is 112 cm³/mol. The van der Waals surface area contributed by atoms with Crippen molar-refractivity contribution in [3.8, 4) is 0 Å². The lowest BCUT2D eigenvalue weighted by Gasteiger charge is -2.20. The number of rotatable bonds is 4. The molecular weight excluding hydrogens is 390 g/mol. The summed E-state index contributed by atoms with van der Waals surface area (Å²) < 4.78 is 1.34. The minimum Gasteiger partial charge on any atom is -0.322 e. The highest BCUT2D eigenvalue weighted by molar-refractivity contribution is 6.31. The number of nitrogens with zero attached hydrogens (tertiary/aromatic N) is 4. The molecule has 2 aromatic rings. The van der Waals surface area contributed by atoms with E-state index in [0.29, 0.717) is 23.6 Å². The smallest absolute Gasteiger partial charge is 0.322 e. The van der Waals surface area contributed by atoms with Crippen LogP contribution >= 0.6 is 11.6 Å². The maximum Gasteiger partial charge on any atom is 0.344 e. The fourth-order valence-corrected chi connectivity index (χ4v) is 4.64. The van der Waals surface area contributed by atoms with Crippen LogP contribution in [0.5, 0.6) is 0 Å². The molecule has 1 aromatic carbocycles. The first-order chi connectivity index (χ1) is 13.9. The van der Waals surface area contributed by atoms with Gasteiger partial charge >= 0.3 is 6.03 Å². The molecule has 1 saturated carbocycles. The highest BCUT2D eigenvalue weighted by atomic mass is 35.5. The van der Waals surface area contributed by atoms with Gasteiger partial charge in [0.25, 0.3) is 0 Å². The molecule has 1 N–H and O–H groups in total. The summed E-state index contributed by atoms with van der Waals surface area (Å²) in [6.45, 7) is 3.76. The third kappa shape index (κ3) is 4.16. The number of halogens is 1. The number of carbonyl (C=O) groups is 2. The third-order valence-electron chi connectivity index (χ3n) is 6.19. The van der Waals surface area contributed by atoms with Gasteiger partial charge in [-0.3, -0.25) is 4.79 Å². The molecule has 1 unspecified atom stereocenters. The van der Waals surface area contributed by atoms with Crippen LogP contribution in [0.15, 0.2) is 36.7 Å². The molecule has 2 aliphatic rings. The third-order valence-corrected chi connectivity index (χ3v) is 6.55. The van der Waals surface area contributed by atoms with Crippen LogP contribution in [0, 0.1) is 11.8 Å². The number of fused-ring (bicyclic) bond motifs is 1. The Labute approximate surface area is 175 Å². The highest BCUT2D eigenvalue weighted by Gasteiger charge is 2.42. The Morgan fingerprint density at radius 1 is 1.24 bits per heavy atom. The Morgan fingerprint density at radius 2 is 1.93 bits per heavy atom. The molecule has 7 nitrogen and oxygen atoms in total. The van der Waals surface area contributed by atoms with E-state index in [1.165, 1.54) is 16.5 Å². The monoisotopic (exact) mass is 415 g/mol. The Kier molecular flexibility index (Phi) is 5.61. The fraction of sp³-hybridized carbons (Fsp3) is 0.476. The van der Waals surface area contributed by atoms with Crippen LogP contribution in [-0.2, 0) is 11.3 Å². The van der Waals surface area contributed by atoms with Crippen molar-refractivity contribution in [3.63, 3.8) is 0 Å². The van der Waals surface area contributed by atoms with Crippen molar-refractivity contribution in [3.05, 3.63) is 47.2 Å². The molecule has 2 heterocycles. The molecule has 29 heavy (non-hydrogen) atoms. The molecule has 2 fully saturated rings. The number of aromatic nitrogens is 2. The zero-order chi connectivity index (χ0) is 20.5. The molecule has 3 atom stereocenters. The summed E-state index contributed by atoms with van der Waals surface area (Å²) in [6, 6.07) is 8.25. The minimum atomic E-state index is -0.122. The zero-order valence-corrected chi connectivity index (χ0v) is 17.5. The number of hydrogen-bond acceptors (Lipinski definition) is 4. The number of carbonyl (C=O) groups excluding carboxylic acids is 2. The Morgan fingerprint density at radius 3 is 2.59 bits per heavy atom.